The molecule has 6 heteroatoms. The normalized spacial score (nSPS) is 24.4. The first kappa shape index (κ1) is 19.5. The van der Waals surface area contributed by atoms with E-state index in [4.69, 9.17) is 4.74 Å². The summed E-state index contributed by atoms with van der Waals surface area (Å²) in [5.41, 5.74) is -1.13. The number of rotatable bonds is 5. The first-order valence-corrected chi connectivity index (χ1v) is 9.28. The lowest BCUT2D eigenvalue weighted by atomic mass is 9.98. The van der Waals surface area contributed by atoms with Gasteiger partial charge in [0.25, 0.3) is 0 Å². The summed E-state index contributed by atoms with van der Waals surface area (Å²) in [7, 11) is 0. The predicted octanol–water partition coefficient (Wildman–Crippen LogP) is 1.99. The van der Waals surface area contributed by atoms with Crippen molar-refractivity contribution in [2.75, 3.05) is 32.8 Å². The number of likely N-dealkylation sites (tertiary alicyclic amines) is 1. The van der Waals surface area contributed by atoms with Gasteiger partial charge >= 0.3 is 6.09 Å². The van der Waals surface area contributed by atoms with E-state index < -0.39 is 11.2 Å². The third kappa shape index (κ3) is 5.60. The van der Waals surface area contributed by atoms with Gasteiger partial charge in [0, 0.05) is 32.2 Å². The molecule has 2 rings (SSSR count). The fourth-order valence-corrected chi connectivity index (χ4v) is 3.83. The molecule has 1 saturated carbocycles. The molecule has 1 aliphatic carbocycles. The second-order valence-electron chi connectivity index (χ2n) is 8.35. The van der Waals surface area contributed by atoms with E-state index in [1.54, 1.807) is 4.90 Å². The maximum atomic E-state index is 12.3. The average molecular weight is 342 g/mol. The van der Waals surface area contributed by atoms with Crippen LogP contribution >= 0.6 is 0 Å². The Hall–Kier alpha value is -0.850. The summed E-state index contributed by atoms with van der Waals surface area (Å²) in [5.74, 6) is 0. The smallest absolute Gasteiger partial charge is 0.410 e. The molecule has 0 aromatic rings. The zero-order chi connectivity index (χ0) is 17.8. The number of amides is 1. The number of hydrogen-bond acceptors (Lipinski definition) is 5. The van der Waals surface area contributed by atoms with Crippen LogP contribution in [0.3, 0.4) is 0 Å². The van der Waals surface area contributed by atoms with Gasteiger partial charge in [0.05, 0.1) is 12.2 Å². The van der Waals surface area contributed by atoms with Gasteiger partial charge in [0.15, 0.2) is 0 Å². The summed E-state index contributed by atoms with van der Waals surface area (Å²) in [4.78, 5) is 16.3. The standard InChI is InChI=1S/C18H34N2O4/c1-17(2,3)24-16(22)19-10-6-7-15(13-19)20(11-12-21)14-18(23)8-4-5-9-18/h15,21,23H,4-14H2,1-3H3. The van der Waals surface area contributed by atoms with Gasteiger partial charge in [-0.3, -0.25) is 4.90 Å². The van der Waals surface area contributed by atoms with E-state index in [1.165, 1.54) is 0 Å². The number of ether oxygens (including phenoxy) is 1. The Morgan fingerprint density at radius 2 is 1.96 bits per heavy atom. The van der Waals surface area contributed by atoms with E-state index in [0.717, 1.165) is 38.5 Å². The van der Waals surface area contributed by atoms with Crippen LogP contribution in [0.15, 0.2) is 0 Å². The highest BCUT2D eigenvalue weighted by Crippen LogP contribution is 2.31. The van der Waals surface area contributed by atoms with Crippen molar-refractivity contribution in [2.24, 2.45) is 0 Å². The second kappa shape index (κ2) is 8.02. The Balaban J connectivity index is 1.97. The molecular weight excluding hydrogens is 308 g/mol. The molecule has 2 fully saturated rings. The zero-order valence-electron chi connectivity index (χ0n) is 15.5. The third-order valence-corrected chi connectivity index (χ3v) is 4.98. The summed E-state index contributed by atoms with van der Waals surface area (Å²) < 4.78 is 5.49. The molecule has 0 aromatic heterocycles. The Morgan fingerprint density at radius 1 is 1.29 bits per heavy atom. The number of aliphatic hydroxyl groups is 2. The van der Waals surface area contributed by atoms with Gasteiger partial charge in [0.2, 0.25) is 0 Å². The zero-order valence-corrected chi connectivity index (χ0v) is 15.5. The van der Waals surface area contributed by atoms with Gasteiger partial charge in [-0.1, -0.05) is 12.8 Å². The van der Waals surface area contributed by atoms with Crippen LogP contribution in [-0.2, 0) is 4.74 Å². The van der Waals surface area contributed by atoms with Crippen LogP contribution in [-0.4, -0.2) is 76.1 Å². The Kier molecular flexibility index (Phi) is 6.51. The van der Waals surface area contributed by atoms with Crippen molar-refractivity contribution in [3.05, 3.63) is 0 Å². The summed E-state index contributed by atoms with van der Waals surface area (Å²) in [6, 6.07) is 0.169. The molecule has 24 heavy (non-hydrogen) atoms. The van der Waals surface area contributed by atoms with Crippen molar-refractivity contribution < 1.29 is 19.7 Å². The molecule has 0 aromatic carbocycles. The topological polar surface area (TPSA) is 73.2 Å². The summed E-state index contributed by atoms with van der Waals surface area (Å²) in [6.45, 7) is 8.13. The molecule has 2 N–H and O–H groups in total. The van der Waals surface area contributed by atoms with E-state index in [0.29, 0.717) is 26.2 Å². The van der Waals surface area contributed by atoms with Crippen LogP contribution in [0, 0.1) is 0 Å². The van der Waals surface area contributed by atoms with Gasteiger partial charge in [-0.2, -0.15) is 0 Å². The average Bonchev–Trinajstić information content (AvgIpc) is 2.92. The molecule has 140 valence electrons. The monoisotopic (exact) mass is 342 g/mol. The van der Waals surface area contributed by atoms with Crippen molar-refractivity contribution in [1.29, 1.82) is 0 Å². The number of carbonyl (C=O) groups is 1. The van der Waals surface area contributed by atoms with E-state index in [9.17, 15) is 15.0 Å². The third-order valence-electron chi connectivity index (χ3n) is 4.98. The highest BCUT2D eigenvalue weighted by molar-refractivity contribution is 5.68. The second-order valence-corrected chi connectivity index (χ2v) is 8.35. The summed E-state index contributed by atoms with van der Waals surface area (Å²) >= 11 is 0. The van der Waals surface area contributed by atoms with Crippen LogP contribution in [0.1, 0.15) is 59.3 Å². The number of aliphatic hydroxyl groups excluding tert-OH is 1. The Morgan fingerprint density at radius 3 is 2.54 bits per heavy atom. The minimum absolute atomic E-state index is 0.0685. The summed E-state index contributed by atoms with van der Waals surface area (Å²) in [5, 5.41) is 20.1. The SMILES string of the molecule is CC(C)(C)OC(=O)N1CCCC(N(CCO)CC2(O)CCCC2)C1. The van der Waals surface area contributed by atoms with E-state index in [2.05, 4.69) is 4.90 Å². The lowest BCUT2D eigenvalue weighted by Crippen LogP contribution is -2.54. The van der Waals surface area contributed by atoms with Crippen molar-refractivity contribution in [3.8, 4) is 0 Å². The van der Waals surface area contributed by atoms with Crippen LogP contribution < -0.4 is 0 Å². The predicted molar refractivity (Wildman–Crippen MR) is 92.9 cm³/mol. The molecule has 1 aliphatic heterocycles. The maximum Gasteiger partial charge on any atom is 0.410 e. The highest BCUT2D eigenvalue weighted by atomic mass is 16.6. The van der Waals surface area contributed by atoms with Gasteiger partial charge < -0.3 is 19.8 Å². The molecule has 1 saturated heterocycles. The fraction of sp³-hybridized carbons (Fsp3) is 0.944. The van der Waals surface area contributed by atoms with E-state index in [-0.39, 0.29) is 18.7 Å². The molecule has 1 atom stereocenters. The van der Waals surface area contributed by atoms with Gasteiger partial charge in [-0.15, -0.1) is 0 Å². The minimum atomic E-state index is -0.636. The van der Waals surface area contributed by atoms with Crippen LogP contribution in [0.4, 0.5) is 4.79 Å². The van der Waals surface area contributed by atoms with Crippen molar-refractivity contribution in [2.45, 2.75) is 76.5 Å². The van der Waals surface area contributed by atoms with Gasteiger partial charge in [-0.25, -0.2) is 4.79 Å². The van der Waals surface area contributed by atoms with Crippen molar-refractivity contribution in [3.63, 3.8) is 0 Å². The van der Waals surface area contributed by atoms with E-state index in [1.807, 2.05) is 20.8 Å². The van der Waals surface area contributed by atoms with Crippen molar-refractivity contribution in [1.82, 2.24) is 9.80 Å². The molecule has 0 spiro atoms. The number of hydrogen-bond donors (Lipinski definition) is 2. The molecule has 0 bridgehead atoms. The molecule has 2 aliphatic rings. The van der Waals surface area contributed by atoms with Gasteiger partial charge in [-0.05, 0) is 46.5 Å². The first-order valence-electron chi connectivity index (χ1n) is 9.28. The molecule has 1 unspecified atom stereocenters. The molecule has 1 heterocycles. The van der Waals surface area contributed by atoms with Gasteiger partial charge in [0.1, 0.15) is 5.60 Å². The van der Waals surface area contributed by atoms with Crippen LogP contribution in [0.5, 0.6) is 0 Å². The maximum absolute atomic E-state index is 12.3. The highest BCUT2D eigenvalue weighted by Gasteiger charge is 2.37. The lowest BCUT2D eigenvalue weighted by molar-refractivity contribution is -0.0254. The quantitative estimate of drug-likeness (QED) is 0.799. The number of carbonyl (C=O) groups excluding carboxylic acids is 1. The molecule has 0 radical (unpaired) electrons. The lowest BCUT2D eigenvalue weighted by Gasteiger charge is -2.42. The van der Waals surface area contributed by atoms with Crippen LogP contribution in [0.2, 0.25) is 0 Å². The molecule has 1 amide bonds. The first-order chi connectivity index (χ1) is 11.2. The summed E-state index contributed by atoms with van der Waals surface area (Å²) in [6.07, 6.45) is 5.43. The van der Waals surface area contributed by atoms with Crippen molar-refractivity contribution >= 4 is 6.09 Å². The Bertz CT molecular complexity index is 416. The molecule has 6 nitrogen and oxygen atoms in total. The molecular formula is C18H34N2O4. The Labute approximate surface area is 145 Å². The number of piperidine rings is 1. The minimum Gasteiger partial charge on any atom is -0.444 e. The van der Waals surface area contributed by atoms with Crippen LogP contribution in [0.25, 0.3) is 0 Å². The fourth-order valence-electron chi connectivity index (χ4n) is 3.83. The number of nitrogens with zero attached hydrogens (tertiary/aromatic N) is 2. The van der Waals surface area contributed by atoms with E-state index >= 15 is 0 Å². The largest absolute Gasteiger partial charge is 0.444 e.